The Morgan fingerprint density at radius 2 is 2.00 bits per heavy atom. The summed E-state index contributed by atoms with van der Waals surface area (Å²) in [5.74, 6) is -0.217. The topological polar surface area (TPSA) is 61.4 Å². The number of carbonyl (C=O) groups is 2. The van der Waals surface area contributed by atoms with Crippen molar-refractivity contribution in [2.45, 2.75) is 6.29 Å². The van der Waals surface area contributed by atoms with Gasteiger partial charge in [0.15, 0.2) is 6.29 Å². The highest BCUT2D eigenvalue weighted by Crippen LogP contribution is 2.26. The van der Waals surface area contributed by atoms with Crippen molar-refractivity contribution >= 4 is 17.5 Å². The predicted molar refractivity (Wildman–Crippen MR) is 53.2 cm³/mol. The van der Waals surface area contributed by atoms with E-state index in [1.54, 1.807) is 6.07 Å². The summed E-state index contributed by atoms with van der Waals surface area (Å²) >= 11 is 0. The lowest BCUT2D eigenvalue weighted by atomic mass is 10.1. The smallest absolute Gasteiger partial charge is 0.256 e. The molecule has 0 radical (unpaired) electrons. The Morgan fingerprint density at radius 3 is 2.87 bits per heavy atom. The zero-order valence-electron chi connectivity index (χ0n) is 7.86. The van der Waals surface area contributed by atoms with Gasteiger partial charge >= 0.3 is 0 Å². The Bertz CT molecular complexity index is 458. The van der Waals surface area contributed by atoms with Crippen LogP contribution in [-0.4, -0.2) is 24.6 Å². The summed E-state index contributed by atoms with van der Waals surface area (Å²) in [6, 6.07) is 7.27. The van der Waals surface area contributed by atoms with Gasteiger partial charge in [0.05, 0.1) is 11.3 Å². The molecule has 3 rings (SSSR count). The average molecular weight is 203 g/mol. The second kappa shape index (κ2) is 2.73. The second-order valence-electron chi connectivity index (χ2n) is 3.59. The number of hydrogen-bond donors (Lipinski definition) is 2. The van der Waals surface area contributed by atoms with Gasteiger partial charge < -0.3 is 15.5 Å². The van der Waals surface area contributed by atoms with Crippen molar-refractivity contribution in [3.8, 4) is 0 Å². The maximum Gasteiger partial charge on any atom is 0.256 e. The summed E-state index contributed by atoms with van der Waals surface area (Å²) in [5, 5.41) is 5.40. The first-order valence-corrected chi connectivity index (χ1v) is 4.71. The Hall–Kier alpha value is -2.04. The predicted octanol–water partition coefficient (Wildman–Crippen LogP) is -0.350. The van der Waals surface area contributed by atoms with Crippen LogP contribution in [0.25, 0.3) is 0 Å². The fraction of sp³-hybridized carbons (Fsp3) is 0.200. The third-order valence-electron chi connectivity index (χ3n) is 2.65. The largest absolute Gasteiger partial charge is 0.324 e. The zero-order chi connectivity index (χ0) is 10.4. The molecule has 1 fully saturated rings. The maximum atomic E-state index is 11.6. The number of nitrogens with zero attached hydrogens (tertiary/aromatic N) is 1. The van der Waals surface area contributed by atoms with Gasteiger partial charge in [0, 0.05) is 0 Å². The fourth-order valence-corrected chi connectivity index (χ4v) is 1.98. The number of amides is 2. The molecule has 0 spiro atoms. The minimum absolute atomic E-state index is 0.0722. The van der Waals surface area contributed by atoms with E-state index in [2.05, 4.69) is 10.6 Å². The summed E-state index contributed by atoms with van der Waals surface area (Å²) in [5.41, 5.74) is 1.43. The minimum atomic E-state index is -0.389. The van der Waals surface area contributed by atoms with E-state index in [1.165, 1.54) is 0 Å². The zero-order valence-corrected chi connectivity index (χ0v) is 7.86. The number of rotatable bonds is 0. The minimum Gasteiger partial charge on any atom is -0.324 e. The molecular formula is C10H9N3O2. The Kier molecular flexibility index (Phi) is 1.50. The molecule has 2 aliphatic rings. The first kappa shape index (κ1) is 8.28. The molecule has 2 heterocycles. The molecule has 15 heavy (non-hydrogen) atoms. The molecule has 5 heteroatoms. The molecule has 1 aromatic rings. The van der Waals surface area contributed by atoms with E-state index in [0.29, 0.717) is 12.1 Å². The third-order valence-corrected chi connectivity index (χ3v) is 2.65. The van der Waals surface area contributed by atoms with Crippen molar-refractivity contribution in [1.82, 2.24) is 10.6 Å². The van der Waals surface area contributed by atoms with Crippen LogP contribution in [0.2, 0.25) is 0 Å². The molecule has 1 saturated heterocycles. The molecule has 1 unspecified atom stereocenters. The van der Waals surface area contributed by atoms with Crippen LogP contribution in [0.3, 0.4) is 0 Å². The standard InChI is InChI=1S/C10H9N3O2/c14-8-5-13-7-4-2-1-3-6(7)9(15)12-10(13)11-8/h1-4,10H,5H2,(H,11,14)(H,12,15). The van der Waals surface area contributed by atoms with Gasteiger partial charge in [-0.2, -0.15) is 0 Å². The van der Waals surface area contributed by atoms with Crippen molar-refractivity contribution < 1.29 is 9.59 Å². The summed E-state index contributed by atoms with van der Waals surface area (Å²) in [7, 11) is 0. The van der Waals surface area contributed by atoms with E-state index in [-0.39, 0.29) is 18.1 Å². The third kappa shape index (κ3) is 1.09. The maximum absolute atomic E-state index is 11.6. The van der Waals surface area contributed by atoms with Crippen molar-refractivity contribution in [1.29, 1.82) is 0 Å². The van der Waals surface area contributed by atoms with Crippen molar-refractivity contribution in [2.24, 2.45) is 0 Å². The number of benzene rings is 1. The van der Waals surface area contributed by atoms with E-state index in [0.717, 1.165) is 5.69 Å². The average Bonchev–Trinajstić information content (AvgIpc) is 2.59. The molecule has 2 aliphatic heterocycles. The van der Waals surface area contributed by atoms with E-state index < -0.39 is 0 Å². The van der Waals surface area contributed by atoms with Crippen LogP contribution in [-0.2, 0) is 4.79 Å². The van der Waals surface area contributed by atoms with E-state index in [4.69, 9.17) is 0 Å². The van der Waals surface area contributed by atoms with Crippen LogP contribution in [0.15, 0.2) is 24.3 Å². The monoisotopic (exact) mass is 203 g/mol. The van der Waals surface area contributed by atoms with Crippen LogP contribution in [0.1, 0.15) is 10.4 Å². The molecule has 0 bridgehead atoms. The SMILES string of the molecule is O=C1CN2c3ccccc3C(=O)NC2N1. The molecule has 1 atom stereocenters. The number of nitrogens with one attached hydrogen (secondary N) is 2. The van der Waals surface area contributed by atoms with E-state index in [1.807, 2.05) is 23.1 Å². The van der Waals surface area contributed by atoms with Gasteiger partial charge in [0.1, 0.15) is 6.54 Å². The normalized spacial score (nSPS) is 22.9. The van der Waals surface area contributed by atoms with Crippen molar-refractivity contribution in [2.75, 3.05) is 11.4 Å². The van der Waals surface area contributed by atoms with Crippen molar-refractivity contribution in [3.63, 3.8) is 0 Å². The fourth-order valence-electron chi connectivity index (χ4n) is 1.98. The first-order valence-electron chi connectivity index (χ1n) is 4.71. The molecule has 0 saturated carbocycles. The van der Waals surface area contributed by atoms with Crippen LogP contribution >= 0.6 is 0 Å². The molecule has 2 N–H and O–H groups in total. The van der Waals surface area contributed by atoms with Crippen LogP contribution in [0.4, 0.5) is 5.69 Å². The molecule has 0 aliphatic carbocycles. The number of hydrogen-bond acceptors (Lipinski definition) is 3. The number of anilines is 1. The van der Waals surface area contributed by atoms with Gasteiger partial charge in [-0.1, -0.05) is 12.1 Å². The highest BCUT2D eigenvalue weighted by Gasteiger charge is 2.36. The van der Waals surface area contributed by atoms with Gasteiger partial charge in [-0.3, -0.25) is 9.59 Å². The summed E-state index contributed by atoms with van der Waals surface area (Å²) < 4.78 is 0. The first-order chi connectivity index (χ1) is 7.25. The van der Waals surface area contributed by atoms with Crippen LogP contribution in [0.5, 0.6) is 0 Å². The number of para-hydroxylation sites is 1. The molecule has 0 aromatic heterocycles. The quantitative estimate of drug-likeness (QED) is 0.606. The Morgan fingerprint density at radius 1 is 1.20 bits per heavy atom. The highest BCUT2D eigenvalue weighted by atomic mass is 16.2. The lowest BCUT2D eigenvalue weighted by Crippen LogP contribution is -2.54. The second-order valence-corrected chi connectivity index (χ2v) is 3.59. The number of carbonyl (C=O) groups excluding carboxylic acids is 2. The van der Waals surface area contributed by atoms with Gasteiger partial charge in [-0.05, 0) is 12.1 Å². The highest BCUT2D eigenvalue weighted by molar-refractivity contribution is 6.04. The number of fused-ring (bicyclic) bond motifs is 3. The van der Waals surface area contributed by atoms with Crippen molar-refractivity contribution in [3.05, 3.63) is 29.8 Å². The molecule has 2 amide bonds. The molecule has 5 nitrogen and oxygen atoms in total. The summed E-state index contributed by atoms with van der Waals surface area (Å²) in [6.45, 7) is 0.294. The van der Waals surface area contributed by atoms with Crippen LogP contribution < -0.4 is 15.5 Å². The van der Waals surface area contributed by atoms with E-state index in [9.17, 15) is 9.59 Å². The Labute approximate surface area is 86.1 Å². The van der Waals surface area contributed by atoms with E-state index >= 15 is 0 Å². The molecule has 76 valence electrons. The summed E-state index contributed by atoms with van der Waals surface area (Å²) in [6.07, 6.45) is -0.389. The Balaban J connectivity index is 2.12. The molecule has 1 aromatic carbocycles. The van der Waals surface area contributed by atoms with Crippen LogP contribution in [0, 0.1) is 0 Å². The molecular weight excluding hydrogens is 194 g/mol. The lowest BCUT2D eigenvalue weighted by Gasteiger charge is -2.31. The van der Waals surface area contributed by atoms with Gasteiger partial charge in [-0.15, -0.1) is 0 Å². The lowest BCUT2D eigenvalue weighted by molar-refractivity contribution is -0.118. The van der Waals surface area contributed by atoms with Gasteiger partial charge in [0.25, 0.3) is 5.91 Å². The summed E-state index contributed by atoms with van der Waals surface area (Å²) in [4.78, 5) is 24.7. The van der Waals surface area contributed by atoms with Gasteiger partial charge in [-0.25, -0.2) is 0 Å². The van der Waals surface area contributed by atoms with Gasteiger partial charge in [0.2, 0.25) is 5.91 Å².